The molecule has 0 saturated carbocycles. The van der Waals surface area contributed by atoms with Gasteiger partial charge in [-0.1, -0.05) is 13.0 Å². The van der Waals surface area contributed by atoms with Gasteiger partial charge in [-0.15, -0.1) is 0 Å². The fourth-order valence-electron chi connectivity index (χ4n) is 1.55. The van der Waals surface area contributed by atoms with E-state index in [1.54, 1.807) is 0 Å². The summed E-state index contributed by atoms with van der Waals surface area (Å²) in [6.45, 7) is 6.18. The van der Waals surface area contributed by atoms with Crippen LogP contribution in [-0.4, -0.2) is 12.6 Å². The van der Waals surface area contributed by atoms with Gasteiger partial charge in [0.05, 0.1) is 6.61 Å². The third-order valence-electron chi connectivity index (χ3n) is 2.39. The van der Waals surface area contributed by atoms with E-state index in [1.165, 1.54) is 0 Å². The molecule has 1 atom stereocenters. The molecule has 1 aromatic heterocycles. The van der Waals surface area contributed by atoms with E-state index >= 15 is 0 Å². The Hall–Kier alpha value is -1.38. The Bertz CT molecular complexity index is 336. The molecule has 15 heavy (non-hydrogen) atoms. The van der Waals surface area contributed by atoms with Crippen molar-refractivity contribution in [2.45, 2.75) is 33.2 Å². The molecule has 1 rings (SSSR count). The van der Waals surface area contributed by atoms with Crippen molar-refractivity contribution in [2.75, 3.05) is 6.61 Å². The summed E-state index contributed by atoms with van der Waals surface area (Å²) in [4.78, 5) is 11.6. The van der Waals surface area contributed by atoms with Crippen LogP contribution in [-0.2, 0) is 16.0 Å². The third-order valence-corrected chi connectivity index (χ3v) is 2.39. The molecule has 0 aromatic carbocycles. The van der Waals surface area contributed by atoms with Crippen LogP contribution in [0.3, 0.4) is 0 Å². The Morgan fingerprint density at radius 2 is 2.20 bits per heavy atom. The number of hydrogen-bond donors (Lipinski definition) is 0. The smallest absolute Gasteiger partial charge is 0.375 e. The highest BCUT2D eigenvalue weighted by atomic mass is 16.5. The molecule has 0 fully saturated rings. The lowest BCUT2D eigenvalue weighted by Crippen LogP contribution is -2.45. The molecule has 0 amide bonds. The molecule has 0 radical (unpaired) electrons. The largest absolute Gasteiger partial charge is 0.461 e. The molecule has 0 aliphatic heterocycles. The number of aromatic nitrogens is 1. The van der Waals surface area contributed by atoms with Gasteiger partial charge >= 0.3 is 5.97 Å². The minimum atomic E-state index is -0.249. The third kappa shape index (κ3) is 2.78. The normalized spacial score (nSPS) is 12.2. The Morgan fingerprint density at radius 1 is 1.47 bits per heavy atom. The van der Waals surface area contributed by atoms with Crippen molar-refractivity contribution in [3.8, 4) is 0 Å². The molecule has 0 aliphatic carbocycles. The Labute approximate surface area is 90.7 Å². The molecule has 1 aromatic rings. The van der Waals surface area contributed by atoms with Gasteiger partial charge < -0.3 is 4.74 Å². The first-order chi connectivity index (χ1) is 7.20. The quantitative estimate of drug-likeness (QED) is 0.556. The summed E-state index contributed by atoms with van der Waals surface area (Å²) < 4.78 is 6.95. The van der Waals surface area contributed by atoms with Crippen LogP contribution >= 0.6 is 0 Å². The van der Waals surface area contributed by atoms with Crippen LogP contribution in [0.25, 0.3) is 0 Å². The van der Waals surface area contributed by atoms with Crippen LogP contribution in [0.1, 0.15) is 32.5 Å². The highest BCUT2D eigenvalue weighted by Crippen LogP contribution is 2.02. The zero-order valence-electron chi connectivity index (χ0n) is 9.56. The monoisotopic (exact) mass is 208 g/mol. The maximum atomic E-state index is 11.6. The van der Waals surface area contributed by atoms with Gasteiger partial charge in [0.15, 0.2) is 11.9 Å². The summed E-state index contributed by atoms with van der Waals surface area (Å²) in [5.74, 6) is -0.177. The van der Waals surface area contributed by atoms with Gasteiger partial charge in [0, 0.05) is 25.5 Å². The van der Waals surface area contributed by atoms with E-state index in [4.69, 9.17) is 4.74 Å². The van der Waals surface area contributed by atoms with Crippen molar-refractivity contribution in [1.82, 2.24) is 0 Å². The van der Waals surface area contributed by atoms with Gasteiger partial charge in [0.1, 0.15) is 0 Å². The number of carbonyl (C=O) groups excluding carboxylic acids is 1. The van der Waals surface area contributed by atoms with Gasteiger partial charge in [0.25, 0.3) is 6.04 Å². The van der Waals surface area contributed by atoms with Crippen molar-refractivity contribution in [3.05, 3.63) is 30.1 Å². The van der Waals surface area contributed by atoms with E-state index in [0.717, 1.165) is 12.1 Å². The number of esters is 1. The minimum absolute atomic E-state index is 0.177. The number of rotatable bonds is 4. The van der Waals surface area contributed by atoms with Crippen molar-refractivity contribution in [1.29, 1.82) is 0 Å². The van der Waals surface area contributed by atoms with E-state index in [1.807, 2.05) is 42.8 Å². The fourth-order valence-corrected chi connectivity index (χ4v) is 1.55. The summed E-state index contributed by atoms with van der Waals surface area (Å²) in [6.07, 6.45) is 2.82. The number of carbonyl (C=O) groups is 1. The topological polar surface area (TPSA) is 30.2 Å². The van der Waals surface area contributed by atoms with Crippen LogP contribution in [0.5, 0.6) is 0 Å². The minimum Gasteiger partial charge on any atom is -0.461 e. The molecule has 0 N–H and O–H groups in total. The van der Waals surface area contributed by atoms with Gasteiger partial charge in [-0.05, 0) is 6.92 Å². The molecule has 0 saturated heterocycles. The predicted molar refractivity (Wildman–Crippen MR) is 57.4 cm³/mol. The van der Waals surface area contributed by atoms with Gasteiger partial charge in [-0.3, -0.25) is 0 Å². The zero-order chi connectivity index (χ0) is 11.3. The predicted octanol–water partition coefficient (Wildman–Crippen LogP) is 1.66. The second kappa shape index (κ2) is 5.49. The van der Waals surface area contributed by atoms with Crippen LogP contribution in [0.4, 0.5) is 0 Å². The number of nitrogens with zero attached hydrogens (tertiary/aromatic N) is 1. The van der Waals surface area contributed by atoms with Gasteiger partial charge in [0.2, 0.25) is 0 Å². The summed E-state index contributed by atoms with van der Waals surface area (Å²) in [5, 5.41) is 0. The first-order valence-electron chi connectivity index (χ1n) is 5.36. The highest BCUT2D eigenvalue weighted by Gasteiger charge is 2.25. The SMILES string of the molecule is CCOC(=O)C(C)[n+]1ccccc1CC. The first kappa shape index (κ1) is 11.7. The van der Waals surface area contributed by atoms with E-state index in [-0.39, 0.29) is 12.0 Å². The molecule has 0 bridgehead atoms. The lowest BCUT2D eigenvalue weighted by Gasteiger charge is -2.08. The van der Waals surface area contributed by atoms with Crippen molar-refractivity contribution in [3.63, 3.8) is 0 Å². The van der Waals surface area contributed by atoms with E-state index in [0.29, 0.717) is 6.61 Å². The molecule has 1 heterocycles. The van der Waals surface area contributed by atoms with Crippen molar-refractivity contribution >= 4 is 5.97 Å². The highest BCUT2D eigenvalue weighted by molar-refractivity contribution is 5.71. The second-order valence-corrected chi connectivity index (χ2v) is 3.38. The molecule has 82 valence electrons. The van der Waals surface area contributed by atoms with Crippen LogP contribution in [0, 0.1) is 0 Å². The molecule has 0 spiro atoms. The lowest BCUT2D eigenvalue weighted by atomic mass is 10.2. The van der Waals surface area contributed by atoms with E-state index in [9.17, 15) is 4.79 Å². The zero-order valence-corrected chi connectivity index (χ0v) is 9.56. The second-order valence-electron chi connectivity index (χ2n) is 3.38. The molecular formula is C12H18NO2+. The molecular weight excluding hydrogens is 190 g/mol. The summed E-state index contributed by atoms with van der Waals surface area (Å²) >= 11 is 0. The summed E-state index contributed by atoms with van der Waals surface area (Å²) in [6, 6.07) is 5.68. The number of aryl methyl sites for hydroxylation is 1. The fraction of sp³-hybridized carbons (Fsp3) is 0.500. The summed E-state index contributed by atoms with van der Waals surface area (Å²) in [7, 11) is 0. The first-order valence-corrected chi connectivity index (χ1v) is 5.36. The number of hydrogen-bond acceptors (Lipinski definition) is 2. The standard InChI is InChI=1S/C12H18NO2/c1-4-11-8-6-7-9-13(11)10(3)12(14)15-5-2/h6-10H,4-5H2,1-3H3/q+1. The number of ether oxygens (including phenoxy) is 1. The van der Waals surface area contributed by atoms with Crippen LogP contribution in [0.15, 0.2) is 24.4 Å². The van der Waals surface area contributed by atoms with Crippen LogP contribution in [0.2, 0.25) is 0 Å². The Morgan fingerprint density at radius 3 is 2.80 bits per heavy atom. The number of pyridine rings is 1. The molecule has 1 unspecified atom stereocenters. The molecule has 3 heteroatoms. The maximum Gasteiger partial charge on any atom is 0.375 e. The van der Waals surface area contributed by atoms with Crippen molar-refractivity contribution < 1.29 is 14.1 Å². The average Bonchev–Trinajstić information content (AvgIpc) is 2.28. The molecule has 3 nitrogen and oxygen atoms in total. The lowest BCUT2D eigenvalue weighted by molar-refractivity contribution is -0.714. The Kier molecular flexibility index (Phi) is 4.28. The molecule has 0 aliphatic rings. The van der Waals surface area contributed by atoms with Gasteiger partial charge in [-0.2, -0.15) is 4.57 Å². The van der Waals surface area contributed by atoms with Gasteiger partial charge in [-0.25, -0.2) is 4.79 Å². The maximum absolute atomic E-state index is 11.6. The average molecular weight is 208 g/mol. The summed E-state index contributed by atoms with van der Waals surface area (Å²) in [5.41, 5.74) is 1.14. The van der Waals surface area contributed by atoms with Crippen molar-refractivity contribution in [2.24, 2.45) is 0 Å². The van der Waals surface area contributed by atoms with E-state index in [2.05, 4.69) is 6.92 Å². The van der Waals surface area contributed by atoms with E-state index < -0.39 is 0 Å². The Balaban J connectivity index is 2.89. The van der Waals surface area contributed by atoms with Crippen LogP contribution < -0.4 is 4.57 Å².